The highest BCUT2D eigenvalue weighted by Crippen LogP contribution is 2.28. The number of carbonyl (C=O) groups is 1. The van der Waals surface area contributed by atoms with Crippen molar-refractivity contribution >= 4 is 23.2 Å². The monoisotopic (exact) mass is 270 g/mol. The van der Waals surface area contributed by atoms with Gasteiger partial charge in [-0.25, -0.2) is 0 Å². The SMILES string of the molecule is COc1ccc(Cl)cc1NC(=O)C(C)CCCN. The second-order valence-electron chi connectivity index (χ2n) is 4.17. The summed E-state index contributed by atoms with van der Waals surface area (Å²) in [5, 5.41) is 3.38. The van der Waals surface area contributed by atoms with E-state index in [4.69, 9.17) is 22.1 Å². The molecular weight excluding hydrogens is 252 g/mol. The summed E-state index contributed by atoms with van der Waals surface area (Å²) < 4.78 is 5.17. The Morgan fingerprint density at radius 1 is 1.56 bits per heavy atom. The third-order valence-corrected chi connectivity index (χ3v) is 2.94. The number of amides is 1. The van der Waals surface area contributed by atoms with Crippen LogP contribution in [0.4, 0.5) is 5.69 Å². The quantitative estimate of drug-likeness (QED) is 0.835. The minimum absolute atomic E-state index is 0.0518. The van der Waals surface area contributed by atoms with E-state index >= 15 is 0 Å². The lowest BCUT2D eigenvalue weighted by atomic mass is 10.0. The number of hydrogen-bond acceptors (Lipinski definition) is 3. The number of carbonyl (C=O) groups excluding carboxylic acids is 1. The number of nitrogens with one attached hydrogen (secondary N) is 1. The number of halogens is 1. The average molecular weight is 271 g/mol. The van der Waals surface area contributed by atoms with Crippen molar-refractivity contribution in [1.29, 1.82) is 0 Å². The molecule has 0 saturated carbocycles. The molecule has 0 aliphatic rings. The van der Waals surface area contributed by atoms with Crippen molar-refractivity contribution in [2.75, 3.05) is 19.0 Å². The molecule has 1 unspecified atom stereocenters. The minimum atomic E-state index is -0.0859. The van der Waals surface area contributed by atoms with Gasteiger partial charge >= 0.3 is 0 Å². The molecule has 0 heterocycles. The van der Waals surface area contributed by atoms with Gasteiger partial charge in [-0.3, -0.25) is 4.79 Å². The predicted molar refractivity (Wildman–Crippen MR) is 74.1 cm³/mol. The van der Waals surface area contributed by atoms with Gasteiger partial charge in [0, 0.05) is 10.9 Å². The van der Waals surface area contributed by atoms with Crippen LogP contribution >= 0.6 is 11.6 Å². The summed E-state index contributed by atoms with van der Waals surface area (Å²) in [6.45, 7) is 2.47. The Kier molecular flexibility index (Phi) is 5.95. The summed E-state index contributed by atoms with van der Waals surface area (Å²) in [6.07, 6.45) is 1.60. The lowest BCUT2D eigenvalue weighted by Gasteiger charge is -2.14. The third kappa shape index (κ3) is 4.20. The largest absolute Gasteiger partial charge is 0.495 e. The minimum Gasteiger partial charge on any atom is -0.495 e. The van der Waals surface area contributed by atoms with E-state index in [0.717, 1.165) is 12.8 Å². The Labute approximate surface area is 112 Å². The van der Waals surface area contributed by atoms with Crippen molar-refractivity contribution in [2.45, 2.75) is 19.8 Å². The van der Waals surface area contributed by atoms with Gasteiger partial charge in [-0.1, -0.05) is 18.5 Å². The Morgan fingerprint density at radius 2 is 2.28 bits per heavy atom. The summed E-state index contributed by atoms with van der Waals surface area (Å²) in [5.41, 5.74) is 6.02. The predicted octanol–water partition coefficient (Wildman–Crippen LogP) is 2.66. The molecule has 3 N–H and O–H groups in total. The van der Waals surface area contributed by atoms with Gasteiger partial charge in [0.1, 0.15) is 5.75 Å². The molecule has 1 aromatic rings. The highest BCUT2D eigenvalue weighted by molar-refractivity contribution is 6.31. The number of methoxy groups -OCH3 is 1. The number of anilines is 1. The van der Waals surface area contributed by atoms with Crippen LogP contribution in [0.3, 0.4) is 0 Å². The molecule has 0 spiro atoms. The topological polar surface area (TPSA) is 64.3 Å². The molecule has 0 saturated heterocycles. The van der Waals surface area contributed by atoms with E-state index in [0.29, 0.717) is 23.0 Å². The van der Waals surface area contributed by atoms with Gasteiger partial charge in [0.2, 0.25) is 5.91 Å². The Balaban J connectivity index is 2.71. The van der Waals surface area contributed by atoms with Crippen molar-refractivity contribution in [3.63, 3.8) is 0 Å². The first kappa shape index (κ1) is 14.8. The lowest BCUT2D eigenvalue weighted by Crippen LogP contribution is -2.21. The molecule has 0 aliphatic heterocycles. The van der Waals surface area contributed by atoms with Crippen LogP contribution < -0.4 is 15.8 Å². The number of benzene rings is 1. The van der Waals surface area contributed by atoms with Gasteiger partial charge in [-0.05, 0) is 37.6 Å². The zero-order chi connectivity index (χ0) is 13.5. The molecule has 100 valence electrons. The Hall–Kier alpha value is -1.26. The van der Waals surface area contributed by atoms with Gasteiger partial charge in [0.25, 0.3) is 0 Å². The van der Waals surface area contributed by atoms with E-state index in [9.17, 15) is 4.79 Å². The first-order valence-electron chi connectivity index (χ1n) is 5.93. The molecule has 1 amide bonds. The Bertz CT molecular complexity index is 410. The molecule has 0 aliphatic carbocycles. The standard InChI is InChI=1S/C13H19ClN2O2/c1-9(4-3-7-15)13(17)16-11-8-10(14)5-6-12(11)18-2/h5-6,8-9H,3-4,7,15H2,1-2H3,(H,16,17). The van der Waals surface area contributed by atoms with Crippen molar-refractivity contribution in [2.24, 2.45) is 11.7 Å². The summed E-state index contributed by atoms with van der Waals surface area (Å²) in [5.74, 6) is 0.458. The number of rotatable bonds is 6. The van der Waals surface area contributed by atoms with Gasteiger partial charge in [0.05, 0.1) is 12.8 Å². The molecule has 1 atom stereocenters. The summed E-state index contributed by atoms with van der Waals surface area (Å²) >= 11 is 5.90. The van der Waals surface area contributed by atoms with E-state index in [1.165, 1.54) is 0 Å². The van der Waals surface area contributed by atoms with Crippen molar-refractivity contribution < 1.29 is 9.53 Å². The molecule has 4 nitrogen and oxygen atoms in total. The second kappa shape index (κ2) is 7.24. The van der Waals surface area contributed by atoms with Crippen molar-refractivity contribution in [3.8, 4) is 5.75 Å². The van der Waals surface area contributed by atoms with E-state index < -0.39 is 0 Å². The van der Waals surface area contributed by atoms with E-state index in [1.807, 2.05) is 6.92 Å². The van der Waals surface area contributed by atoms with Crippen LogP contribution in [0.5, 0.6) is 5.75 Å². The highest BCUT2D eigenvalue weighted by Gasteiger charge is 2.14. The van der Waals surface area contributed by atoms with Gasteiger partial charge in [-0.2, -0.15) is 0 Å². The van der Waals surface area contributed by atoms with Crippen LogP contribution in [0, 0.1) is 5.92 Å². The molecule has 5 heteroatoms. The lowest BCUT2D eigenvalue weighted by molar-refractivity contribution is -0.119. The first-order valence-corrected chi connectivity index (χ1v) is 6.30. The average Bonchev–Trinajstić information content (AvgIpc) is 2.36. The van der Waals surface area contributed by atoms with Gasteiger partial charge in [0.15, 0.2) is 0 Å². The summed E-state index contributed by atoms with van der Waals surface area (Å²) in [6, 6.07) is 5.12. The van der Waals surface area contributed by atoms with E-state index in [1.54, 1.807) is 25.3 Å². The zero-order valence-corrected chi connectivity index (χ0v) is 11.5. The van der Waals surface area contributed by atoms with Crippen LogP contribution in [-0.4, -0.2) is 19.6 Å². The molecule has 1 rings (SSSR count). The van der Waals surface area contributed by atoms with Crippen LogP contribution in [0.1, 0.15) is 19.8 Å². The van der Waals surface area contributed by atoms with Crippen molar-refractivity contribution in [3.05, 3.63) is 23.2 Å². The molecule has 0 bridgehead atoms. The number of hydrogen-bond donors (Lipinski definition) is 2. The maximum atomic E-state index is 11.9. The Morgan fingerprint density at radius 3 is 2.89 bits per heavy atom. The molecule has 0 radical (unpaired) electrons. The molecule has 18 heavy (non-hydrogen) atoms. The fourth-order valence-corrected chi connectivity index (χ4v) is 1.76. The van der Waals surface area contributed by atoms with E-state index in [2.05, 4.69) is 5.32 Å². The number of nitrogens with two attached hydrogens (primary N) is 1. The first-order chi connectivity index (χ1) is 8.58. The van der Waals surface area contributed by atoms with Crippen molar-refractivity contribution in [1.82, 2.24) is 0 Å². The molecule has 0 fully saturated rings. The smallest absolute Gasteiger partial charge is 0.227 e. The summed E-state index contributed by atoms with van der Waals surface area (Å²) in [7, 11) is 1.55. The molecule has 0 aromatic heterocycles. The van der Waals surface area contributed by atoms with Gasteiger partial charge in [-0.15, -0.1) is 0 Å². The summed E-state index contributed by atoms with van der Waals surface area (Å²) in [4.78, 5) is 11.9. The van der Waals surface area contributed by atoms with Crippen LogP contribution in [0.2, 0.25) is 5.02 Å². The highest BCUT2D eigenvalue weighted by atomic mass is 35.5. The second-order valence-corrected chi connectivity index (χ2v) is 4.60. The third-order valence-electron chi connectivity index (χ3n) is 2.71. The fourth-order valence-electron chi connectivity index (χ4n) is 1.59. The normalized spacial score (nSPS) is 12.0. The maximum Gasteiger partial charge on any atom is 0.227 e. The number of ether oxygens (including phenoxy) is 1. The van der Waals surface area contributed by atoms with Gasteiger partial charge < -0.3 is 15.8 Å². The van der Waals surface area contributed by atoms with Crippen LogP contribution in [0.15, 0.2) is 18.2 Å². The van der Waals surface area contributed by atoms with Crippen LogP contribution in [-0.2, 0) is 4.79 Å². The van der Waals surface area contributed by atoms with E-state index in [-0.39, 0.29) is 11.8 Å². The fraction of sp³-hybridized carbons (Fsp3) is 0.462. The van der Waals surface area contributed by atoms with Crippen LogP contribution in [0.25, 0.3) is 0 Å². The maximum absolute atomic E-state index is 11.9. The molecular formula is C13H19ClN2O2. The zero-order valence-electron chi connectivity index (χ0n) is 10.7. The molecule has 1 aromatic carbocycles.